The molecule has 0 aromatic heterocycles. The lowest BCUT2D eigenvalue weighted by atomic mass is 9.75. The number of hydrogen-bond donors (Lipinski definition) is 1. The molecule has 2 N–H and O–H groups in total. The maximum absolute atomic E-state index is 5.49. The summed E-state index contributed by atoms with van der Waals surface area (Å²) in [6.07, 6.45) is 3.39. The number of nitrogens with zero attached hydrogens (tertiary/aromatic N) is 2. The Morgan fingerprint density at radius 2 is 2.12 bits per heavy atom. The van der Waals surface area contributed by atoms with E-state index in [-0.39, 0.29) is 0 Å². The molecule has 0 spiro atoms. The molecule has 1 rings (SSSR count). The van der Waals surface area contributed by atoms with Gasteiger partial charge in [0.2, 0.25) is 0 Å². The van der Waals surface area contributed by atoms with E-state index in [1.165, 1.54) is 6.42 Å². The van der Waals surface area contributed by atoms with Gasteiger partial charge in [-0.3, -0.25) is 0 Å². The quantitative estimate of drug-likeness (QED) is 0.580. The first-order valence-corrected chi connectivity index (χ1v) is 6.43. The van der Waals surface area contributed by atoms with E-state index in [2.05, 4.69) is 44.6 Å². The zero-order valence-corrected chi connectivity index (χ0v) is 11.5. The summed E-state index contributed by atoms with van der Waals surface area (Å²) >= 11 is 0. The van der Waals surface area contributed by atoms with Crippen LogP contribution >= 0.6 is 0 Å². The molecule has 3 nitrogen and oxygen atoms in total. The first-order valence-electron chi connectivity index (χ1n) is 6.43. The summed E-state index contributed by atoms with van der Waals surface area (Å²) < 4.78 is 0. The third-order valence-corrected chi connectivity index (χ3v) is 3.96. The van der Waals surface area contributed by atoms with Crippen LogP contribution in [0.15, 0.2) is 5.10 Å². The maximum atomic E-state index is 5.49. The van der Waals surface area contributed by atoms with Crippen molar-refractivity contribution in [2.45, 2.75) is 59.9 Å². The van der Waals surface area contributed by atoms with Crippen LogP contribution < -0.4 is 5.84 Å². The molecule has 2 atom stereocenters. The molecule has 1 aliphatic rings. The van der Waals surface area contributed by atoms with Gasteiger partial charge in [-0.15, -0.1) is 0 Å². The van der Waals surface area contributed by atoms with Crippen molar-refractivity contribution in [3.05, 3.63) is 0 Å². The van der Waals surface area contributed by atoms with Gasteiger partial charge in [-0.2, -0.15) is 5.10 Å². The van der Waals surface area contributed by atoms with E-state index in [9.17, 15) is 0 Å². The molecule has 0 saturated carbocycles. The largest absolute Gasteiger partial charge is 0.356 e. The lowest BCUT2D eigenvalue weighted by molar-refractivity contribution is 0.141. The molecule has 0 aromatic rings. The van der Waals surface area contributed by atoms with E-state index in [1.807, 2.05) is 0 Å². The smallest absolute Gasteiger partial charge is 0.124 e. The Labute approximate surface area is 100 Å². The minimum Gasteiger partial charge on any atom is -0.356 e. The molecule has 16 heavy (non-hydrogen) atoms. The standard InChI is InChI=1S/C13H27N3/c1-6-10(2)16-9-11(13(3,4)5)7-8-12(16)15-14/h10-11H,6-9,14H2,1-5H3/b15-12-. The van der Waals surface area contributed by atoms with Gasteiger partial charge >= 0.3 is 0 Å². The minimum atomic E-state index is 0.381. The highest BCUT2D eigenvalue weighted by molar-refractivity contribution is 5.83. The summed E-state index contributed by atoms with van der Waals surface area (Å²) in [6.45, 7) is 12.6. The second-order valence-corrected chi connectivity index (χ2v) is 6.06. The maximum Gasteiger partial charge on any atom is 0.124 e. The number of hydrogen-bond acceptors (Lipinski definition) is 2. The molecule has 94 valence electrons. The predicted molar refractivity (Wildman–Crippen MR) is 70.3 cm³/mol. The Kier molecular flexibility index (Phi) is 4.22. The topological polar surface area (TPSA) is 41.6 Å². The predicted octanol–water partition coefficient (Wildman–Crippen LogP) is 2.82. The summed E-state index contributed by atoms with van der Waals surface area (Å²) in [5, 5.41) is 3.96. The van der Waals surface area contributed by atoms with Gasteiger partial charge in [0.15, 0.2) is 0 Å². The molecule has 0 amide bonds. The number of rotatable bonds is 2. The lowest BCUT2D eigenvalue weighted by Crippen LogP contribution is -2.48. The number of hydrazone groups is 1. The normalized spacial score (nSPS) is 27.2. The molecule has 0 aromatic carbocycles. The van der Waals surface area contributed by atoms with E-state index in [0.29, 0.717) is 11.5 Å². The molecule has 3 heteroatoms. The highest BCUT2D eigenvalue weighted by Crippen LogP contribution is 2.34. The lowest BCUT2D eigenvalue weighted by Gasteiger charge is -2.43. The van der Waals surface area contributed by atoms with Crippen molar-refractivity contribution in [2.75, 3.05) is 6.54 Å². The van der Waals surface area contributed by atoms with Crippen molar-refractivity contribution < 1.29 is 0 Å². The molecule has 0 radical (unpaired) electrons. The Morgan fingerprint density at radius 1 is 1.50 bits per heavy atom. The van der Waals surface area contributed by atoms with Crippen LogP contribution in [0.4, 0.5) is 0 Å². The Bertz CT molecular complexity index is 252. The first-order chi connectivity index (χ1) is 7.40. The second kappa shape index (κ2) is 5.07. The Balaban J connectivity index is 2.77. The fourth-order valence-corrected chi connectivity index (χ4v) is 2.38. The number of likely N-dealkylation sites (tertiary alicyclic amines) is 1. The summed E-state index contributed by atoms with van der Waals surface area (Å²) in [7, 11) is 0. The summed E-state index contributed by atoms with van der Waals surface area (Å²) in [5.41, 5.74) is 0.381. The van der Waals surface area contributed by atoms with Crippen molar-refractivity contribution >= 4 is 5.84 Å². The average Bonchev–Trinajstić information content (AvgIpc) is 2.25. The van der Waals surface area contributed by atoms with Crippen molar-refractivity contribution in [3.63, 3.8) is 0 Å². The van der Waals surface area contributed by atoms with Gasteiger partial charge in [-0.1, -0.05) is 27.7 Å². The van der Waals surface area contributed by atoms with Crippen LogP contribution in [0, 0.1) is 11.3 Å². The van der Waals surface area contributed by atoms with Gasteiger partial charge in [0.1, 0.15) is 5.84 Å². The molecular weight excluding hydrogens is 198 g/mol. The summed E-state index contributed by atoms with van der Waals surface area (Å²) in [6, 6.07) is 0.549. The molecule has 1 aliphatic heterocycles. The summed E-state index contributed by atoms with van der Waals surface area (Å²) in [4.78, 5) is 2.40. The van der Waals surface area contributed by atoms with Crippen molar-refractivity contribution in [2.24, 2.45) is 22.3 Å². The van der Waals surface area contributed by atoms with Gasteiger partial charge in [-0.25, -0.2) is 0 Å². The zero-order valence-electron chi connectivity index (χ0n) is 11.5. The van der Waals surface area contributed by atoms with Crippen LogP contribution in [0.3, 0.4) is 0 Å². The van der Waals surface area contributed by atoms with Crippen LogP contribution in [0.1, 0.15) is 53.9 Å². The van der Waals surface area contributed by atoms with Crippen LogP contribution in [-0.2, 0) is 0 Å². The highest BCUT2D eigenvalue weighted by Gasteiger charge is 2.33. The number of amidine groups is 1. The number of nitrogens with two attached hydrogens (primary N) is 1. The van der Waals surface area contributed by atoms with Gasteiger partial charge in [0, 0.05) is 19.0 Å². The molecular formula is C13H27N3. The van der Waals surface area contributed by atoms with E-state index in [0.717, 1.165) is 31.1 Å². The van der Waals surface area contributed by atoms with Crippen LogP contribution in [0.5, 0.6) is 0 Å². The third kappa shape index (κ3) is 2.89. The SMILES string of the molecule is CCC(C)N1CC(C(C)(C)C)CC/C1=N/N. The van der Waals surface area contributed by atoms with Gasteiger partial charge in [-0.05, 0) is 31.1 Å². The zero-order chi connectivity index (χ0) is 12.3. The highest BCUT2D eigenvalue weighted by atomic mass is 15.3. The Morgan fingerprint density at radius 3 is 2.56 bits per heavy atom. The van der Waals surface area contributed by atoms with Gasteiger partial charge in [0.25, 0.3) is 0 Å². The third-order valence-electron chi connectivity index (χ3n) is 3.96. The monoisotopic (exact) mass is 225 g/mol. The van der Waals surface area contributed by atoms with E-state index >= 15 is 0 Å². The first kappa shape index (κ1) is 13.3. The van der Waals surface area contributed by atoms with Gasteiger partial charge < -0.3 is 10.7 Å². The fraction of sp³-hybridized carbons (Fsp3) is 0.923. The van der Waals surface area contributed by atoms with E-state index in [1.54, 1.807) is 0 Å². The summed E-state index contributed by atoms with van der Waals surface area (Å²) in [5.74, 6) is 7.32. The average molecular weight is 225 g/mol. The van der Waals surface area contributed by atoms with E-state index < -0.39 is 0 Å². The Hall–Kier alpha value is -0.730. The molecule has 0 bridgehead atoms. The molecule has 1 heterocycles. The van der Waals surface area contributed by atoms with Crippen molar-refractivity contribution in [1.29, 1.82) is 0 Å². The second-order valence-electron chi connectivity index (χ2n) is 6.06. The minimum absolute atomic E-state index is 0.381. The molecule has 1 saturated heterocycles. The van der Waals surface area contributed by atoms with Crippen LogP contribution in [0.2, 0.25) is 0 Å². The van der Waals surface area contributed by atoms with Crippen LogP contribution in [0.25, 0.3) is 0 Å². The fourth-order valence-electron chi connectivity index (χ4n) is 2.38. The van der Waals surface area contributed by atoms with Crippen molar-refractivity contribution in [1.82, 2.24) is 4.90 Å². The molecule has 0 aliphatic carbocycles. The van der Waals surface area contributed by atoms with Gasteiger partial charge in [0.05, 0.1) is 0 Å². The van der Waals surface area contributed by atoms with E-state index in [4.69, 9.17) is 5.84 Å². The molecule has 1 fully saturated rings. The van der Waals surface area contributed by atoms with Crippen molar-refractivity contribution in [3.8, 4) is 0 Å². The number of piperidine rings is 1. The van der Waals surface area contributed by atoms with Crippen LogP contribution in [-0.4, -0.2) is 23.3 Å². The molecule has 2 unspecified atom stereocenters.